The molecule has 9 nitrogen and oxygen atoms in total. The van der Waals surface area contributed by atoms with Gasteiger partial charge in [-0.15, -0.1) is 0 Å². The molecule has 3 rings (SSSR count). The minimum atomic E-state index is -0.831. The van der Waals surface area contributed by atoms with Crippen molar-refractivity contribution in [2.75, 3.05) is 12.0 Å². The average Bonchev–Trinajstić information content (AvgIpc) is 2.67. The van der Waals surface area contributed by atoms with E-state index in [-0.39, 0.29) is 27.7 Å². The Morgan fingerprint density at radius 2 is 1.93 bits per heavy atom. The molecule has 0 radical (unpaired) electrons. The number of nitro groups is 1. The molecule has 0 aliphatic carbocycles. The number of hydrogen-bond donors (Lipinski definition) is 2. The van der Waals surface area contributed by atoms with E-state index in [1.165, 1.54) is 25.3 Å². The molecule has 0 aromatic heterocycles. The van der Waals surface area contributed by atoms with Crippen molar-refractivity contribution in [1.29, 1.82) is 0 Å². The molecule has 2 aromatic carbocycles. The fourth-order valence-corrected chi connectivity index (χ4v) is 2.92. The molecule has 29 heavy (non-hydrogen) atoms. The van der Waals surface area contributed by atoms with Gasteiger partial charge in [0.15, 0.2) is 10.9 Å². The molecule has 0 spiro atoms. The highest BCUT2D eigenvalue weighted by atomic mass is 32.1. The van der Waals surface area contributed by atoms with E-state index >= 15 is 0 Å². The number of ether oxygens (including phenoxy) is 1. The number of methoxy groups -OCH3 is 1. The van der Waals surface area contributed by atoms with Gasteiger partial charge in [-0.2, -0.15) is 0 Å². The largest absolute Gasteiger partial charge is 0.500 e. The first-order valence-corrected chi connectivity index (χ1v) is 8.36. The minimum Gasteiger partial charge on any atom is -0.500 e. The molecule has 1 heterocycles. The van der Waals surface area contributed by atoms with E-state index in [0.29, 0.717) is 0 Å². The predicted molar refractivity (Wildman–Crippen MR) is 104 cm³/mol. The first-order chi connectivity index (χ1) is 13.7. The lowest BCUT2D eigenvalue weighted by atomic mass is 10.1. The van der Waals surface area contributed by atoms with E-state index in [4.69, 9.17) is 17.0 Å². The number of rotatable bonds is 4. The summed E-state index contributed by atoms with van der Waals surface area (Å²) in [6.07, 6.45) is 1.10. The zero-order chi connectivity index (χ0) is 21.3. The number of hydrogen-bond acceptors (Lipinski definition) is 7. The third-order valence-corrected chi connectivity index (χ3v) is 4.28. The Balaban J connectivity index is 2.08. The molecule has 1 saturated heterocycles. The van der Waals surface area contributed by atoms with E-state index in [9.17, 15) is 29.2 Å². The number of phenols is 1. The van der Waals surface area contributed by atoms with Crippen molar-refractivity contribution < 1.29 is 28.7 Å². The summed E-state index contributed by atoms with van der Waals surface area (Å²) in [6.45, 7) is 0. The molecule has 0 unspecified atom stereocenters. The van der Waals surface area contributed by atoms with Gasteiger partial charge in [0.2, 0.25) is 5.75 Å². The van der Waals surface area contributed by atoms with E-state index in [1.807, 2.05) is 0 Å². The average molecular weight is 417 g/mol. The van der Waals surface area contributed by atoms with Gasteiger partial charge in [0.25, 0.3) is 11.8 Å². The second-order valence-corrected chi connectivity index (χ2v) is 6.17. The van der Waals surface area contributed by atoms with E-state index in [1.54, 1.807) is 0 Å². The number of carbonyl (C=O) groups excluding carboxylic acids is 2. The predicted octanol–water partition coefficient (Wildman–Crippen LogP) is 2.28. The molecule has 1 aliphatic rings. The number of thiocarbonyl (C=S) groups is 1. The number of halogens is 1. The molecule has 1 fully saturated rings. The summed E-state index contributed by atoms with van der Waals surface area (Å²) in [5, 5.41) is 23.1. The number of benzene rings is 2. The molecule has 2 N–H and O–H groups in total. The highest BCUT2D eigenvalue weighted by molar-refractivity contribution is 7.80. The Bertz CT molecular complexity index is 1080. The van der Waals surface area contributed by atoms with Crippen LogP contribution in [0.4, 0.5) is 15.8 Å². The fraction of sp³-hybridized carbons (Fsp3) is 0.0556. The Kier molecular flexibility index (Phi) is 5.24. The van der Waals surface area contributed by atoms with Crippen molar-refractivity contribution in [1.82, 2.24) is 5.32 Å². The summed E-state index contributed by atoms with van der Waals surface area (Å²) in [7, 11) is 1.20. The van der Waals surface area contributed by atoms with Crippen molar-refractivity contribution in [3.8, 4) is 11.5 Å². The highest BCUT2D eigenvalue weighted by Gasteiger charge is 2.34. The van der Waals surface area contributed by atoms with Gasteiger partial charge in [0.05, 0.1) is 17.7 Å². The Labute approximate surface area is 168 Å². The van der Waals surface area contributed by atoms with Gasteiger partial charge in [-0.3, -0.25) is 29.9 Å². The number of nitrogens with one attached hydrogen (secondary N) is 1. The van der Waals surface area contributed by atoms with Gasteiger partial charge in [-0.05, 0) is 54.2 Å². The Morgan fingerprint density at radius 3 is 2.52 bits per heavy atom. The zero-order valence-electron chi connectivity index (χ0n) is 14.7. The van der Waals surface area contributed by atoms with Crippen LogP contribution in [0.1, 0.15) is 5.56 Å². The third-order valence-electron chi connectivity index (χ3n) is 3.99. The summed E-state index contributed by atoms with van der Waals surface area (Å²) in [5.41, 5.74) is -0.742. The third kappa shape index (κ3) is 3.75. The van der Waals surface area contributed by atoms with Crippen molar-refractivity contribution in [3.63, 3.8) is 0 Å². The molecule has 2 amide bonds. The summed E-state index contributed by atoms with van der Waals surface area (Å²) in [6, 6.07) is 7.08. The number of nitrogens with zero attached hydrogens (tertiary/aromatic N) is 2. The molecule has 2 aromatic rings. The lowest BCUT2D eigenvalue weighted by Crippen LogP contribution is -2.54. The minimum absolute atomic E-state index is 0.0664. The molecule has 1 aliphatic heterocycles. The highest BCUT2D eigenvalue weighted by Crippen LogP contribution is 2.37. The number of amides is 2. The van der Waals surface area contributed by atoms with Gasteiger partial charge in [-0.1, -0.05) is 0 Å². The maximum Gasteiger partial charge on any atom is 0.315 e. The normalized spacial score (nSPS) is 15.4. The quantitative estimate of drug-likeness (QED) is 0.257. The van der Waals surface area contributed by atoms with Crippen LogP contribution in [-0.2, 0) is 9.59 Å². The summed E-state index contributed by atoms with van der Waals surface area (Å²) >= 11 is 5.04. The van der Waals surface area contributed by atoms with Crippen LogP contribution < -0.4 is 15.0 Å². The van der Waals surface area contributed by atoms with Crippen LogP contribution in [-0.4, -0.2) is 34.1 Å². The lowest BCUT2D eigenvalue weighted by Gasteiger charge is -2.28. The van der Waals surface area contributed by atoms with Crippen LogP contribution in [0.3, 0.4) is 0 Å². The van der Waals surface area contributed by atoms with Crippen LogP contribution >= 0.6 is 12.2 Å². The second-order valence-electron chi connectivity index (χ2n) is 5.78. The van der Waals surface area contributed by atoms with Crippen LogP contribution in [0.2, 0.25) is 0 Å². The standard InChI is InChI=1S/C18H12FN3O6S/c1-28-14-8-9(7-13(15(14)23)22(26)27)6-12-16(24)20-18(29)21(17(12)25)11-4-2-10(19)3-5-11/h2-8,23H,1H3,(H,20,24,29)/b12-6-. The number of carbonyl (C=O) groups is 2. The van der Waals surface area contributed by atoms with Crippen LogP contribution in [0.25, 0.3) is 6.08 Å². The van der Waals surface area contributed by atoms with Crippen LogP contribution in [0.15, 0.2) is 42.0 Å². The number of phenolic OH excluding ortho intramolecular Hbond substituents is 1. The molecule has 0 atom stereocenters. The van der Waals surface area contributed by atoms with E-state index in [0.717, 1.165) is 29.2 Å². The van der Waals surface area contributed by atoms with Gasteiger partial charge in [0.1, 0.15) is 11.4 Å². The number of nitro benzene ring substituents is 1. The number of anilines is 1. The molecular formula is C18H12FN3O6S. The first kappa shape index (κ1) is 19.9. The molecule has 0 bridgehead atoms. The van der Waals surface area contributed by atoms with Gasteiger partial charge >= 0.3 is 5.69 Å². The molecule has 11 heteroatoms. The van der Waals surface area contributed by atoms with Gasteiger partial charge in [0, 0.05) is 6.07 Å². The van der Waals surface area contributed by atoms with Crippen molar-refractivity contribution in [2.24, 2.45) is 0 Å². The molecular weight excluding hydrogens is 405 g/mol. The maximum atomic E-state index is 13.2. The SMILES string of the molecule is COc1cc(/C=C2/C(=O)NC(=S)N(c3ccc(F)cc3)C2=O)cc([N+](=O)[O-])c1O. The van der Waals surface area contributed by atoms with E-state index in [2.05, 4.69) is 5.32 Å². The van der Waals surface area contributed by atoms with Gasteiger partial charge in [-0.25, -0.2) is 4.39 Å². The number of aromatic hydroxyl groups is 1. The van der Waals surface area contributed by atoms with Crippen molar-refractivity contribution in [2.45, 2.75) is 0 Å². The van der Waals surface area contributed by atoms with Crippen molar-refractivity contribution >= 4 is 46.6 Å². The van der Waals surface area contributed by atoms with Crippen LogP contribution in [0.5, 0.6) is 11.5 Å². The lowest BCUT2D eigenvalue weighted by molar-refractivity contribution is -0.386. The Hall–Kier alpha value is -3.86. The smallest absolute Gasteiger partial charge is 0.315 e. The fourth-order valence-electron chi connectivity index (χ4n) is 2.64. The zero-order valence-corrected chi connectivity index (χ0v) is 15.5. The van der Waals surface area contributed by atoms with E-state index < -0.39 is 34.0 Å². The van der Waals surface area contributed by atoms with Gasteiger partial charge < -0.3 is 9.84 Å². The molecule has 148 valence electrons. The first-order valence-electron chi connectivity index (χ1n) is 7.95. The summed E-state index contributed by atoms with van der Waals surface area (Å²) < 4.78 is 18.1. The summed E-state index contributed by atoms with van der Waals surface area (Å²) in [5.74, 6) is -3.03. The van der Waals surface area contributed by atoms with Crippen LogP contribution in [0, 0.1) is 15.9 Å². The summed E-state index contributed by atoms with van der Waals surface area (Å²) in [4.78, 5) is 36.5. The second kappa shape index (κ2) is 7.64. The van der Waals surface area contributed by atoms with Crippen molar-refractivity contribution in [3.05, 3.63) is 63.5 Å². The topological polar surface area (TPSA) is 122 Å². The maximum absolute atomic E-state index is 13.2. The Morgan fingerprint density at radius 1 is 1.28 bits per heavy atom. The monoisotopic (exact) mass is 417 g/mol. The molecule has 0 saturated carbocycles.